The van der Waals surface area contributed by atoms with Crippen molar-refractivity contribution in [3.63, 3.8) is 0 Å². The third-order valence-electron chi connectivity index (χ3n) is 9.63. The average Bonchev–Trinajstić information content (AvgIpc) is 3.17. The molecule has 1 aliphatic heterocycles. The number of carbonyl (C=O) groups is 2. The second kappa shape index (κ2) is 34.5. The number of ether oxygens (including phenoxy) is 4. The Morgan fingerprint density at radius 3 is 1.58 bits per heavy atom. The van der Waals surface area contributed by atoms with Gasteiger partial charge in [-0.2, -0.15) is 8.42 Å². The molecule has 0 saturated carbocycles. The van der Waals surface area contributed by atoms with Gasteiger partial charge in [0.15, 0.2) is 12.4 Å². The summed E-state index contributed by atoms with van der Waals surface area (Å²) in [5, 5.41) is 30.8. The number of esters is 2. The van der Waals surface area contributed by atoms with Gasteiger partial charge in [0.2, 0.25) is 0 Å². The number of hydrogen-bond donors (Lipinski definition) is 4. The lowest BCUT2D eigenvalue weighted by atomic mass is 10.00. The van der Waals surface area contributed by atoms with E-state index in [0.29, 0.717) is 12.8 Å². The van der Waals surface area contributed by atoms with Crippen LogP contribution in [0, 0.1) is 0 Å². The highest BCUT2D eigenvalue weighted by molar-refractivity contribution is 7.85. The summed E-state index contributed by atoms with van der Waals surface area (Å²) >= 11 is 0. The SMILES string of the molecule is CCCCC/C=C/C/C=C/C/C=C/CCCCCCC(=O)O[C@H](COC(=O)CCCCCCC/C=C/CCCCC)CO[C@H]1O[C@H](CS(=O)(=O)O)[C@@H](O)C(O)C1O. The normalized spacial score (nSPS) is 21.0. The third-order valence-corrected chi connectivity index (χ3v) is 10.4. The molecule has 12 nitrogen and oxygen atoms in total. The number of hydrogen-bond acceptors (Lipinski definition) is 11. The fourth-order valence-electron chi connectivity index (χ4n) is 6.21. The molecular weight excluding hydrogens is 753 g/mol. The van der Waals surface area contributed by atoms with Gasteiger partial charge in [0.1, 0.15) is 36.8 Å². The first kappa shape index (κ1) is 52.6. The molecule has 57 heavy (non-hydrogen) atoms. The van der Waals surface area contributed by atoms with Crippen molar-refractivity contribution in [3.8, 4) is 0 Å². The fourth-order valence-corrected chi connectivity index (χ4v) is 6.90. The zero-order valence-corrected chi connectivity index (χ0v) is 35.7. The van der Waals surface area contributed by atoms with Crippen LogP contribution in [0.1, 0.15) is 162 Å². The van der Waals surface area contributed by atoms with E-state index < -0.39 is 71.2 Å². The van der Waals surface area contributed by atoms with Crippen LogP contribution >= 0.6 is 0 Å². The molecule has 1 saturated heterocycles. The molecule has 0 aliphatic carbocycles. The first-order valence-corrected chi connectivity index (χ1v) is 23.3. The van der Waals surface area contributed by atoms with Crippen LogP contribution in [-0.4, -0.2) is 96.0 Å². The van der Waals surface area contributed by atoms with Crippen molar-refractivity contribution >= 4 is 22.1 Å². The number of allylic oxidation sites excluding steroid dienone is 8. The molecule has 6 atom stereocenters. The Kier molecular flexibility index (Phi) is 31.8. The zero-order valence-electron chi connectivity index (χ0n) is 34.9. The maximum Gasteiger partial charge on any atom is 0.306 e. The molecule has 1 fully saturated rings. The molecular formula is C44H76O12S. The largest absolute Gasteiger partial charge is 0.462 e. The molecule has 0 radical (unpaired) electrons. The van der Waals surface area contributed by atoms with Gasteiger partial charge in [0.25, 0.3) is 10.1 Å². The van der Waals surface area contributed by atoms with E-state index in [4.69, 9.17) is 18.9 Å². The highest BCUT2D eigenvalue weighted by atomic mass is 32.2. The van der Waals surface area contributed by atoms with E-state index in [-0.39, 0.29) is 19.4 Å². The van der Waals surface area contributed by atoms with E-state index in [1.54, 1.807) is 0 Å². The summed E-state index contributed by atoms with van der Waals surface area (Å²) in [6, 6.07) is 0. The summed E-state index contributed by atoms with van der Waals surface area (Å²) in [6.07, 6.45) is 30.1. The van der Waals surface area contributed by atoms with Crippen LogP contribution in [-0.2, 0) is 38.7 Å². The van der Waals surface area contributed by atoms with Crippen molar-refractivity contribution in [2.75, 3.05) is 19.0 Å². The summed E-state index contributed by atoms with van der Waals surface area (Å²) in [7, 11) is -4.61. The van der Waals surface area contributed by atoms with Crippen LogP contribution in [0.2, 0.25) is 0 Å². The molecule has 13 heteroatoms. The smallest absolute Gasteiger partial charge is 0.306 e. The average molecular weight is 829 g/mol. The van der Waals surface area contributed by atoms with Gasteiger partial charge < -0.3 is 34.3 Å². The lowest BCUT2D eigenvalue weighted by molar-refractivity contribution is -0.297. The predicted octanol–water partition coefficient (Wildman–Crippen LogP) is 8.39. The molecule has 330 valence electrons. The molecule has 0 aromatic rings. The Bertz CT molecular complexity index is 1250. The maximum absolute atomic E-state index is 12.8. The van der Waals surface area contributed by atoms with Gasteiger partial charge in [-0.05, 0) is 77.0 Å². The Morgan fingerprint density at radius 1 is 0.596 bits per heavy atom. The Morgan fingerprint density at radius 2 is 1.05 bits per heavy atom. The molecule has 2 unspecified atom stereocenters. The number of unbranched alkanes of at least 4 members (excludes halogenated alkanes) is 15. The second-order valence-corrected chi connectivity index (χ2v) is 16.5. The van der Waals surface area contributed by atoms with Gasteiger partial charge in [0.05, 0.1) is 6.61 Å². The second-order valence-electron chi connectivity index (χ2n) is 15.0. The monoisotopic (exact) mass is 829 g/mol. The summed E-state index contributed by atoms with van der Waals surface area (Å²) in [5.74, 6) is -2.03. The van der Waals surface area contributed by atoms with Crippen LogP contribution in [0.15, 0.2) is 48.6 Å². The van der Waals surface area contributed by atoms with E-state index in [1.807, 2.05) is 0 Å². The van der Waals surface area contributed by atoms with Gasteiger partial charge in [-0.25, -0.2) is 0 Å². The van der Waals surface area contributed by atoms with E-state index >= 15 is 0 Å². The third kappa shape index (κ3) is 29.5. The van der Waals surface area contributed by atoms with Crippen LogP contribution in [0.25, 0.3) is 0 Å². The van der Waals surface area contributed by atoms with Crippen molar-refractivity contribution in [1.29, 1.82) is 0 Å². The van der Waals surface area contributed by atoms with E-state index in [0.717, 1.165) is 83.5 Å². The molecule has 0 amide bonds. The topological polar surface area (TPSA) is 186 Å². The summed E-state index contributed by atoms with van der Waals surface area (Å²) in [5.41, 5.74) is 0. The minimum absolute atomic E-state index is 0.136. The Labute approximate surface area is 343 Å². The van der Waals surface area contributed by atoms with Gasteiger partial charge in [0, 0.05) is 12.8 Å². The van der Waals surface area contributed by atoms with Crippen LogP contribution in [0.5, 0.6) is 0 Å². The van der Waals surface area contributed by atoms with Gasteiger partial charge >= 0.3 is 11.9 Å². The first-order valence-electron chi connectivity index (χ1n) is 21.7. The Balaban J connectivity index is 2.50. The molecule has 0 bridgehead atoms. The molecule has 4 N–H and O–H groups in total. The standard InChI is InChI=1S/C44H76O12S/c1-3-5-7-9-11-13-15-17-18-19-20-21-23-25-27-29-31-33-40(46)55-37(35-54-44-43(49)42(48)41(47)38(56-44)36-57(50,51)52)34-53-39(45)32-30-28-26-24-22-16-14-12-10-8-6-4-2/h11-14,17-18,20-21,37-38,41-44,47-49H,3-10,15-16,19,22-36H2,1-2H3,(H,50,51,52)/b13-11+,14-12+,18-17+,21-20+/t37-,38-,41-,42?,43?,44+/m1/s1. The molecule has 0 aromatic heterocycles. The molecule has 1 heterocycles. The lowest BCUT2D eigenvalue weighted by Gasteiger charge is -2.40. The van der Waals surface area contributed by atoms with E-state index in [9.17, 15) is 37.9 Å². The van der Waals surface area contributed by atoms with Gasteiger partial charge in [-0.15, -0.1) is 0 Å². The minimum Gasteiger partial charge on any atom is -0.462 e. The lowest BCUT2D eigenvalue weighted by Crippen LogP contribution is -2.60. The maximum atomic E-state index is 12.8. The first-order chi connectivity index (χ1) is 27.5. The van der Waals surface area contributed by atoms with Crippen molar-refractivity contribution in [3.05, 3.63) is 48.6 Å². The molecule has 0 aromatic carbocycles. The van der Waals surface area contributed by atoms with Crippen molar-refractivity contribution in [2.24, 2.45) is 0 Å². The van der Waals surface area contributed by atoms with Crippen LogP contribution < -0.4 is 0 Å². The minimum atomic E-state index is -4.61. The summed E-state index contributed by atoms with van der Waals surface area (Å²) in [6.45, 7) is 3.66. The van der Waals surface area contributed by atoms with E-state index in [2.05, 4.69) is 62.5 Å². The predicted molar refractivity (Wildman–Crippen MR) is 224 cm³/mol. The summed E-state index contributed by atoms with van der Waals surface area (Å²) < 4.78 is 53.9. The number of aliphatic hydroxyl groups is 3. The summed E-state index contributed by atoms with van der Waals surface area (Å²) in [4.78, 5) is 25.3. The van der Waals surface area contributed by atoms with Crippen LogP contribution in [0.4, 0.5) is 0 Å². The van der Waals surface area contributed by atoms with Crippen molar-refractivity contribution in [1.82, 2.24) is 0 Å². The number of aliphatic hydroxyl groups excluding tert-OH is 3. The zero-order chi connectivity index (χ0) is 42.0. The fraction of sp³-hybridized carbons (Fsp3) is 0.773. The highest BCUT2D eigenvalue weighted by Crippen LogP contribution is 2.24. The van der Waals surface area contributed by atoms with Gasteiger partial charge in [-0.1, -0.05) is 120 Å². The molecule has 0 spiro atoms. The van der Waals surface area contributed by atoms with Gasteiger partial charge in [-0.3, -0.25) is 14.1 Å². The van der Waals surface area contributed by atoms with Crippen molar-refractivity contribution < 1.29 is 56.8 Å². The highest BCUT2D eigenvalue weighted by Gasteiger charge is 2.46. The molecule has 1 aliphatic rings. The van der Waals surface area contributed by atoms with Crippen LogP contribution in [0.3, 0.4) is 0 Å². The number of carbonyl (C=O) groups excluding carboxylic acids is 2. The Hall–Kier alpha value is -2.39. The van der Waals surface area contributed by atoms with Crippen molar-refractivity contribution in [2.45, 2.75) is 198 Å². The quantitative estimate of drug-likeness (QED) is 0.0207. The van der Waals surface area contributed by atoms with E-state index in [1.165, 1.54) is 38.5 Å². The number of rotatable bonds is 35. The molecule has 1 rings (SSSR count).